The Labute approximate surface area is 229 Å². The molecule has 0 bridgehead atoms. The number of hydrogen-bond acceptors (Lipinski definition) is 5. The lowest BCUT2D eigenvalue weighted by Gasteiger charge is -2.32. The zero-order valence-electron chi connectivity index (χ0n) is 21.8. The van der Waals surface area contributed by atoms with Gasteiger partial charge in [-0.25, -0.2) is 8.42 Å². The molecule has 1 atom stereocenters. The van der Waals surface area contributed by atoms with Crippen molar-refractivity contribution in [3.63, 3.8) is 0 Å². The Morgan fingerprint density at radius 1 is 0.895 bits per heavy atom. The van der Waals surface area contributed by atoms with Crippen LogP contribution in [-0.4, -0.2) is 50.0 Å². The summed E-state index contributed by atoms with van der Waals surface area (Å²) in [6.45, 7) is 4.89. The number of benzene rings is 3. The second kappa shape index (κ2) is 12.8. The van der Waals surface area contributed by atoms with E-state index in [-0.39, 0.29) is 18.5 Å². The van der Waals surface area contributed by atoms with Crippen molar-refractivity contribution in [2.45, 2.75) is 39.4 Å². The Morgan fingerprint density at radius 3 is 2.03 bits per heavy atom. The molecule has 0 heterocycles. The normalized spacial score (nSPS) is 12.1. The zero-order valence-corrected chi connectivity index (χ0v) is 23.4. The predicted octanol–water partition coefficient (Wildman–Crippen LogP) is 4.84. The van der Waals surface area contributed by atoms with Gasteiger partial charge in [0, 0.05) is 17.6 Å². The fourth-order valence-electron chi connectivity index (χ4n) is 3.69. The van der Waals surface area contributed by atoms with Crippen LogP contribution in [0.4, 0.5) is 5.69 Å². The van der Waals surface area contributed by atoms with Crippen LogP contribution in [0.3, 0.4) is 0 Å². The van der Waals surface area contributed by atoms with E-state index in [0.29, 0.717) is 22.2 Å². The van der Waals surface area contributed by atoms with Gasteiger partial charge in [-0.15, -0.1) is 0 Å². The maximum Gasteiger partial charge on any atom is 0.244 e. The quantitative estimate of drug-likeness (QED) is 0.364. The highest BCUT2D eigenvalue weighted by Gasteiger charge is 2.30. The van der Waals surface area contributed by atoms with E-state index in [1.807, 2.05) is 32.0 Å². The summed E-state index contributed by atoms with van der Waals surface area (Å²) in [6, 6.07) is 21.5. The first-order valence-electron chi connectivity index (χ1n) is 12.1. The molecule has 0 aliphatic rings. The van der Waals surface area contributed by atoms with Gasteiger partial charge in [0.25, 0.3) is 0 Å². The first kappa shape index (κ1) is 29.0. The van der Waals surface area contributed by atoms with E-state index in [1.54, 1.807) is 67.6 Å². The molecule has 10 heteroatoms. The number of sulfonamides is 1. The van der Waals surface area contributed by atoms with Crippen molar-refractivity contribution in [3.8, 4) is 11.5 Å². The second-order valence-electron chi connectivity index (χ2n) is 9.17. The van der Waals surface area contributed by atoms with Gasteiger partial charge in [-0.05, 0) is 74.9 Å². The maximum atomic E-state index is 13.6. The smallest absolute Gasteiger partial charge is 0.244 e. The maximum absolute atomic E-state index is 13.6. The minimum absolute atomic E-state index is 0.101. The van der Waals surface area contributed by atoms with Gasteiger partial charge in [0.2, 0.25) is 21.8 Å². The predicted molar refractivity (Wildman–Crippen MR) is 150 cm³/mol. The van der Waals surface area contributed by atoms with Crippen LogP contribution in [0.25, 0.3) is 0 Å². The number of nitrogens with one attached hydrogen (secondary N) is 1. The summed E-state index contributed by atoms with van der Waals surface area (Å²) in [5.74, 6) is 0.294. The Hall–Kier alpha value is -3.56. The number of rotatable bonds is 11. The molecule has 1 N–H and O–H groups in total. The lowest BCUT2D eigenvalue weighted by Crippen LogP contribution is -2.52. The van der Waals surface area contributed by atoms with E-state index in [4.69, 9.17) is 16.3 Å². The molecule has 8 nitrogen and oxygen atoms in total. The first-order chi connectivity index (χ1) is 17.9. The fourth-order valence-corrected chi connectivity index (χ4v) is 4.67. The van der Waals surface area contributed by atoms with Gasteiger partial charge >= 0.3 is 0 Å². The molecular weight excluding hydrogens is 526 g/mol. The van der Waals surface area contributed by atoms with E-state index in [2.05, 4.69) is 5.32 Å². The summed E-state index contributed by atoms with van der Waals surface area (Å²) in [4.78, 5) is 27.8. The molecule has 2 amide bonds. The summed E-state index contributed by atoms with van der Waals surface area (Å²) < 4.78 is 32.3. The monoisotopic (exact) mass is 557 g/mol. The molecule has 38 heavy (non-hydrogen) atoms. The molecule has 0 spiro atoms. The van der Waals surface area contributed by atoms with Crippen molar-refractivity contribution >= 4 is 39.1 Å². The number of anilines is 1. The topological polar surface area (TPSA) is 96.0 Å². The van der Waals surface area contributed by atoms with Crippen molar-refractivity contribution in [2.75, 3.05) is 17.1 Å². The molecule has 0 unspecified atom stereocenters. The summed E-state index contributed by atoms with van der Waals surface area (Å²) in [6.07, 6.45) is 1.03. The van der Waals surface area contributed by atoms with Crippen molar-refractivity contribution in [2.24, 2.45) is 0 Å². The largest absolute Gasteiger partial charge is 0.457 e. The highest BCUT2D eigenvalue weighted by atomic mass is 35.5. The molecule has 0 saturated carbocycles. The highest BCUT2D eigenvalue weighted by Crippen LogP contribution is 2.26. The third kappa shape index (κ3) is 8.22. The van der Waals surface area contributed by atoms with Gasteiger partial charge in [-0.2, -0.15) is 0 Å². The van der Waals surface area contributed by atoms with Crippen LogP contribution in [0, 0.1) is 0 Å². The van der Waals surface area contributed by atoms with E-state index < -0.39 is 28.5 Å². The number of para-hydroxylation sites is 1. The molecule has 3 aromatic rings. The average molecular weight is 558 g/mol. The molecule has 3 rings (SSSR count). The van der Waals surface area contributed by atoms with Crippen molar-refractivity contribution in [1.29, 1.82) is 0 Å². The zero-order chi connectivity index (χ0) is 27.9. The van der Waals surface area contributed by atoms with Gasteiger partial charge in [0.05, 0.1) is 11.9 Å². The molecule has 0 aliphatic heterocycles. The Bertz CT molecular complexity index is 1330. The number of amides is 2. The number of ether oxygens (including phenoxy) is 1. The molecular formula is C28H32ClN3O5S. The molecule has 0 fully saturated rings. The van der Waals surface area contributed by atoms with Crippen LogP contribution in [-0.2, 0) is 26.2 Å². The first-order valence-corrected chi connectivity index (χ1v) is 14.3. The lowest BCUT2D eigenvalue weighted by molar-refractivity contribution is -0.139. The van der Waals surface area contributed by atoms with Crippen molar-refractivity contribution < 1.29 is 22.7 Å². The second-order valence-corrected chi connectivity index (χ2v) is 11.5. The number of carbonyl (C=O) groups is 2. The molecule has 202 valence electrons. The van der Waals surface area contributed by atoms with Gasteiger partial charge in [0.1, 0.15) is 24.1 Å². The minimum atomic E-state index is -3.83. The van der Waals surface area contributed by atoms with Crippen LogP contribution in [0.1, 0.15) is 26.3 Å². The fraction of sp³-hybridized carbons (Fsp3) is 0.286. The SMILES string of the molecule is CC(C)NC(=O)[C@H](C)N(Cc1ccc(Cl)cc1)C(=O)CN(c1ccc(Oc2ccccc2)cc1)S(C)(=O)=O. The van der Waals surface area contributed by atoms with Crippen LogP contribution in [0.2, 0.25) is 5.02 Å². The summed E-state index contributed by atoms with van der Waals surface area (Å²) in [5.41, 5.74) is 1.05. The van der Waals surface area contributed by atoms with Crippen LogP contribution in [0.15, 0.2) is 78.9 Å². The van der Waals surface area contributed by atoms with Crippen molar-refractivity contribution in [3.05, 3.63) is 89.4 Å². The van der Waals surface area contributed by atoms with E-state index >= 15 is 0 Å². The molecule has 0 radical (unpaired) electrons. The average Bonchev–Trinajstić information content (AvgIpc) is 2.86. The minimum Gasteiger partial charge on any atom is -0.457 e. The molecule has 0 saturated heterocycles. The number of nitrogens with zero attached hydrogens (tertiary/aromatic N) is 2. The van der Waals surface area contributed by atoms with Crippen LogP contribution >= 0.6 is 11.6 Å². The molecule has 0 aromatic heterocycles. The van der Waals surface area contributed by atoms with Crippen LogP contribution < -0.4 is 14.4 Å². The van der Waals surface area contributed by atoms with E-state index in [9.17, 15) is 18.0 Å². The molecule has 3 aromatic carbocycles. The van der Waals surface area contributed by atoms with E-state index in [1.165, 1.54) is 4.90 Å². The lowest BCUT2D eigenvalue weighted by atomic mass is 10.1. The number of hydrogen-bond donors (Lipinski definition) is 1. The molecule has 0 aliphatic carbocycles. The third-order valence-corrected chi connectivity index (χ3v) is 7.04. The number of halogens is 1. The van der Waals surface area contributed by atoms with Crippen molar-refractivity contribution in [1.82, 2.24) is 10.2 Å². The highest BCUT2D eigenvalue weighted by molar-refractivity contribution is 7.92. The Balaban J connectivity index is 1.85. The standard InChI is InChI=1S/C28H32ClN3O5S/c1-20(2)30-28(34)21(3)31(18-22-10-12-23(29)13-11-22)27(33)19-32(38(4,35)36)24-14-16-26(17-15-24)37-25-8-6-5-7-9-25/h5-17,20-21H,18-19H2,1-4H3,(H,30,34)/t21-/m0/s1. The summed E-state index contributed by atoms with van der Waals surface area (Å²) >= 11 is 6.00. The Morgan fingerprint density at radius 2 is 1.47 bits per heavy atom. The Kier molecular flexibility index (Phi) is 9.77. The van der Waals surface area contributed by atoms with E-state index in [0.717, 1.165) is 16.1 Å². The summed E-state index contributed by atoms with van der Waals surface area (Å²) in [5, 5.41) is 3.36. The van der Waals surface area contributed by atoms with Gasteiger partial charge in [-0.3, -0.25) is 13.9 Å². The number of carbonyl (C=O) groups excluding carboxylic acids is 2. The van der Waals surface area contributed by atoms with Crippen LogP contribution in [0.5, 0.6) is 11.5 Å². The van der Waals surface area contributed by atoms with Gasteiger partial charge in [-0.1, -0.05) is 41.9 Å². The third-order valence-electron chi connectivity index (χ3n) is 5.65. The van der Waals surface area contributed by atoms with Gasteiger partial charge < -0.3 is 15.0 Å². The summed E-state index contributed by atoms with van der Waals surface area (Å²) in [7, 11) is -3.83. The van der Waals surface area contributed by atoms with Gasteiger partial charge in [0.15, 0.2) is 0 Å².